The summed E-state index contributed by atoms with van der Waals surface area (Å²) >= 11 is 0. The van der Waals surface area contributed by atoms with Crippen LogP contribution >= 0.6 is 0 Å². The number of benzene rings is 2. The van der Waals surface area contributed by atoms with E-state index in [2.05, 4.69) is 36.4 Å². The van der Waals surface area contributed by atoms with Crippen molar-refractivity contribution in [1.82, 2.24) is 0 Å². The average molecular weight is 427 g/mol. The van der Waals surface area contributed by atoms with Crippen molar-refractivity contribution in [1.29, 1.82) is 0 Å². The Balaban J connectivity index is 0.00000169. The molecule has 0 fully saturated rings. The van der Waals surface area contributed by atoms with Gasteiger partial charge in [0.25, 0.3) is 0 Å². The first-order valence-corrected chi connectivity index (χ1v) is 8.00. The molecule has 3 heteroatoms. The van der Waals surface area contributed by atoms with Gasteiger partial charge in [-0.1, -0.05) is 42.5 Å². The second-order valence-corrected chi connectivity index (χ2v) is 6.00. The summed E-state index contributed by atoms with van der Waals surface area (Å²) in [6, 6.07) is 20.5. The Hall–Kier alpha value is -2.01. The van der Waals surface area contributed by atoms with Gasteiger partial charge in [-0.2, -0.15) is 4.57 Å². The van der Waals surface area contributed by atoms with Crippen molar-refractivity contribution in [3.63, 3.8) is 0 Å². The van der Waals surface area contributed by atoms with Crippen LogP contribution in [0.4, 0.5) is 0 Å². The normalized spacial score (nSPS) is 11.8. The number of carbonyl (C=O) groups is 1. The zero-order valence-electron chi connectivity index (χ0n) is 13.3. The van der Waals surface area contributed by atoms with E-state index in [-0.39, 0.29) is 29.8 Å². The molecule has 0 amide bonds. The van der Waals surface area contributed by atoms with Crippen molar-refractivity contribution in [2.75, 3.05) is 0 Å². The number of fused-ring (bicyclic) bond motifs is 3. The summed E-state index contributed by atoms with van der Waals surface area (Å²) < 4.78 is 1.91. The molecule has 0 saturated carbocycles. The summed E-state index contributed by atoms with van der Waals surface area (Å²) in [6.45, 7) is 0.385. The van der Waals surface area contributed by atoms with Gasteiger partial charge in [0.05, 0.1) is 0 Å². The Morgan fingerprint density at radius 3 is 2.38 bits per heavy atom. The molecule has 0 N–H and O–H groups in total. The predicted molar refractivity (Wildman–Crippen MR) is 90.3 cm³/mol. The van der Waals surface area contributed by atoms with Gasteiger partial charge in [-0.05, 0) is 41.2 Å². The number of Topliss-reactive ketones (excluding diaryl/α,β-unsaturated/α-hetero) is 1. The zero-order valence-corrected chi connectivity index (χ0v) is 15.4. The molecule has 0 aliphatic heterocycles. The third-order valence-corrected chi connectivity index (χ3v) is 4.50. The number of nitrogens with zero attached hydrogens (tertiary/aromatic N) is 1. The van der Waals surface area contributed by atoms with E-state index in [1.165, 1.54) is 22.3 Å². The largest absolute Gasteiger partial charge is 1.00 e. The van der Waals surface area contributed by atoms with Crippen molar-refractivity contribution < 1.29 is 33.3 Å². The molecule has 0 spiro atoms. The molecule has 1 aliphatic carbocycles. The van der Waals surface area contributed by atoms with Crippen LogP contribution in [-0.4, -0.2) is 5.78 Å². The maximum absolute atomic E-state index is 12.5. The van der Waals surface area contributed by atoms with E-state index in [1.54, 1.807) is 0 Å². The first-order valence-electron chi connectivity index (χ1n) is 8.00. The summed E-state index contributed by atoms with van der Waals surface area (Å²) in [6.07, 6.45) is 5.90. The lowest BCUT2D eigenvalue weighted by atomic mass is 9.84. The molecule has 1 aliphatic rings. The van der Waals surface area contributed by atoms with Gasteiger partial charge in [0.15, 0.2) is 12.4 Å². The maximum atomic E-state index is 12.5. The van der Waals surface area contributed by atoms with Crippen molar-refractivity contribution in [2.45, 2.75) is 19.4 Å². The molecule has 2 nitrogen and oxygen atoms in total. The lowest BCUT2D eigenvalue weighted by Gasteiger charge is -2.20. The third kappa shape index (κ3) is 3.26. The quantitative estimate of drug-likeness (QED) is 0.341. The maximum Gasteiger partial charge on any atom is 0.227 e. The summed E-state index contributed by atoms with van der Waals surface area (Å²) in [7, 11) is 0. The van der Waals surface area contributed by atoms with Crippen LogP contribution in [0, 0.1) is 0 Å². The molecule has 1 heterocycles. The van der Waals surface area contributed by atoms with E-state index >= 15 is 0 Å². The zero-order chi connectivity index (χ0) is 15.6. The molecule has 2 aromatic carbocycles. The number of hydrogen-bond acceptors (Lipinski definition) is 1. The van der Waals surface area contributed by atoms with Gasteiger partial charge in [0, 0.05) is 17.7 Å². The lowest BCUT2D eigenvalue weighted by molar-refractivity contribution is -0.683. The van der Waals surface area contributed by atoms with Gasteiger partial charge in [-0.3, -0.25) is 4.79 Å². The standard InChI is InChI=1S/C21H18NO.HI/c23-21(15-22-12-4-1-5-13-22)18-10-11-20-17(14-18)9-8-16-6-2-3-7-19(16)20;/h1-7,10-14H,8-9,15H2;1H/q+1;/p-1. The molecule has 3 aromatic rings. The summed E-state index contributed by atoms with van der Waals surface area (Å²) in [4.78, 5) is 12.5. The average Bonchev–Trinajstić information content (AvgIpc) is 2.62. The Bertz CT molecular complexity index is 874. The SMILES string of the molecule is O=C(C[n+]1ccccc1)c1ccc2c(c1)CCc1ccccc1-2.[I-]. The van der Waals surface area contributed by atoms with Crippen LogP contribution in [0.1, 0.15) is 21.5 Å². The fraction of sp³-hybridized carbons (Fsp3) is 0.143. The molecule has 0 atom stereocenters. The van der Waals surface area contributed by atoms with Gasteiger partial charge < -0.3 is 24.0 Å². The molecule has 0 radical (unpaired) electrons. The van der Waals surface area contributed by atoms with Crippen molar-refractivity contribution in [2.24, 2.45) is 0 Å². The Kier molecular flexibility index (Phi) is 5.09. The second kappa shape index (κ2) is 7.26. The van der Waals surface area contributed by atoms with Gasteiger partial charge in [-0.25, -0.2) is 0 Å². The molecule has 0 saturated heterocycles. The van der Waals surface area contributed by atoms with Gasteiger partial charge in [0.2, 0.25) is 12.3 Å². The highest BCUT2D eigenvalue weighted by Gasteiger charge is 2.18. The van der Waals surface area contributed by atoms with Crippen LogP contribution in [-0.2, 0) is 19.4 Å². The molecular weight excluding hydrogens is 409 g/mol. The highest BCUT2D eigenvalue weighted by atomic mass is 127. The monoisotopic (exact) mass is 427 g/mol. The van der Waals surface area contributed by atoms with Crippen molar-refractivity contribution in [3.8, 4) is 11.1 Å². The van der Waals surface area contributed by atoms with Crippen LogP contribution in [0.15, 0.2) is 73.1 Å². The van der Waals surface area contributed by atoms with Gasteiger partial charge >= 0.3 is 0 Å². The molecule has 24 heavy (non-hydrogen) atoms. The lowest BCUT2D eigenvalue weighted by Crippen LogP contribution is -3.00. The van der Waals surface area contributed by atoms with E-state index in [9.17, 15) is 4.79 Å². The summed E-state index contributed by atoms with van der Waals surface area (Å²) in [5, 5.41) is 0. The first-order chi connectivity index (χ1) is 11.3. The number of aryl methyl sites for hydroxylation is 2. The molecule has 0 bridgehead atoms. The Morgan fingerprint density at radius 2 is 1.54 bits per heavy atom. The molecule has 4 rings (SSSR count). The number of pyridine rings is 1. The van der Waals surface area contributed by atoms with Crippen LogP contribution in [0.25, 0.3) is 11.1 Å². The van der Waals surface area contributed by atoms with E-state index in [4.69, 9.17) is 0 Å². The highest BCUT2D eigenvalue weighted by Crippen LogP contribution is 2.33. The number of hydrogen-bond donors (Lipinski definition) is 0. The summed E-state index contributed by atoms with van der Waals surface area (Å²) in [5.41, 5.74) is 6.08. The minimum Gasteiger partial charge on any atom is -1.00 e. The molecule has 1 aromatic heterocycles. The van der Waals surface area contributed by atoms with Crippen LogP contribution < -0.4 is 28.5 Å². The van der Waals surface area contributed by atoms with Crippen molar-refractivity contribution in [3.05, 3.63) is 89.7 Å². The number of rotatable bonds is 3. The van der Waals surface area contributed by atoms with Crippen LogP contribution in [0.3, 0.4) is 0 Å². The highest BCUT2D eigenvalue weighted by molar-refractivity contribution is 5.96. The molecule has 120 valence electrons. The van der Waals surface area contributed by atoms with Gasteiger partial charge in [0.1, 0.15) is 0 Å². The topological polar surface area (TPSA) is 20.9 Å². The predicted octanol–water partition coefficient (Wildman–Crippen LogP) is 0.627. The number of aromatic nitrogens is 1. The Morgan fingerprint density at radius 1 is 0.833 bits per heavy atom. The first kappa shape index (κ1) is 16.8. The fourth-order valence-electron chi connectivity index (χ4n) is 3.30. The number of carbonyl (C=O) groups excluding carboxylic acids is 1. The van der Waals surface area contributed by atoms with Crippen LogP contribution in [0.2, 0.25) is 0 Å². The van der Waals surface area contributed by atoms with E-state index in [0.29, 0.717) is 6.54 Å². The molecular formula is C21H18INO. The van der Waals surface area contributed by atoms with Gasteiger partial charge in [-0.15, -0.1) is 0 Å². The minimum atomic E-state index is 0. The fourth-order valence-corrected chi connectivity index (χ4v) is 3.30. The van der Waals surface area contributed by atoms with E-state index in [0.717, 1.165) is 18.4 Å². The third-order valence-electron chi connectivity index (χ3n) is 4.50. The van der Waals surface area contributed by atoms with E-state index < -0.39 is 0 Å². The minimum absolute atomic E-state index is 0. The number of halogens is 1. The van der Waals surface area contributed by atoms with E-state index in [1.807, 2.05) is 41.2 Å². The summed E-state index contributed by atoms with van der Waals surface area (Å²) in [5.74, 6) is 0.155. The van der Waals surface area contributed by atoms with Crippen LogP contribution in [0.5, 0.6) is 0 Å². The Labute approximate surface area is 159 Å². The molecule has 0 unspecified atom stereocenters. The van der Waals surface area contributed by atoms with Crippen molar-refractivity contribution >= 4 is 5.78 Å². The smallest absolute Gasteiger partial charge is 0.227 e. The second-order valence-electron chi connectivity index (χ2n) is 6.00. The number of ketones is 1.